The second-order valence-electron chi connectivity index (χ2n) is 6.93. The van der Waals surface area contributed by atoms with E-state index in [1.807, 2.05) is 0 Å². The van der Waals surface area contributed by atoms with Gasteiger partial charge in [-0.05, 0) is 24.3 Å². The van der Waals surface area contributed by atoms with Gasteiger partial charge in [-0.25, -0.2) is 4.79 Å². The van der Waals surface area contributed by atoms with Crippen LogP contribution >= 0.6 is 23.2 Å². The smallest absolute Gasteiger partial charge is 0.340 e. The van der Waals surface area contributed by atoms with Crippen molar-refractivity contribution < 1.29 is 29.3 Å². The third kappa shape index (κ3) is 2.44. The van der Waals surface area contributed by atoms with Crippen LogP contribution in [-0.2, 0) is 10.3 Å². The molecule has 150 valence electrons. The SMILES string of the molecule is O=C1OC2(c3ccc(O)cc3Oc3cc(O)c(C(=O)C(Cl)Cl)cc32)c2ccccc21. The lowest BCUT2D eigenvalue weighted by atomic mass is 9.77. The van der Waals surface area contributed by atoms with Crippen LogP contribution in [0.25, 0.3) is 0 Å². The zero-order chi connectivity index (χ0) is 21.2. The number of aromatic hydroxyl groups is 2. The van der Waals surface area contributed by atoms with Gasteiger partial charge in [0.25, 0.3) is 0 Å². The van der Waals surface area contributed by atoms with Crippen molar-refractivity contribution in [3.05, 3.63) is 82.4 Å². The Balaban J connectivity index is 1.87. The molecule has 2 aliphatic heterocycles. The number of fused-ring (bicyclic) bond motifs is 6. The van der Waals surface area contributed by atoms with E-state index in [0.717, 1.165) is 0 Å². The summed E-state index contributed by atoms with van der Waals surface area (Å²) < 4.78 is 11.8. The van der Waals surface area contributed by atoms with E-state index in [4.69, 9.17) is 32.7 Å². The number of hydrogen-bond donors (Lipinski definition) is 2. The Morgan fingerprint density at radius 3 is 2.43 bits per heavy atom. The summed E-state index contributed by atoms with van der Waals surface area (Å²) in [6.45, 7) is 0. The summed E-state index contributed by atoms with van der Waals surface area (Å²) in [6, 6.07) is 13.9. The minimum absolute atomic E-state index is 0.0481. The molecule has 5 rings (SSSR count). The summed E-state index contributed by atoms with van der Waals surface area (Å²) in [5, 5.41) is 20.3. The van der Waals surface area contributed by atoms with E-state index in [9.17, 15) is 19.8 Å². The first-order valence-corrected chi connectivity index (χ1v) is 9.74. The largest absolute Gasteiger partial charge is 0.508 e. The molecule has 0 saturated heterocycles. The molecule has 8 heteroatoms. The molecule has 0 aromatic heterocycles. The molecule has 0 radical (unpaired) electrons. The van der Waals surface area contributed by atoms with Crippen molar-refractivity contribution in [1.82, 2.24) is 0 Å². The molecule has 6 nitrogen and oxygen atoms in total. The zero-order valence-electron chi connectivity index (χ0n) is 15.1. The summed E-state index contributed by atoms with van der Waals surface area (Å²) in [7, 11) is 0. The molecule has 2 heterocycles. The average molecular weight is 443 g/mol. The van der Waals surface area contributed by atoms with Crippen LogP contribution in [0.3, 0.4) is 0 Å². The van der Waals surface area contributed by atoms with Crippen molar-refractivity contribution in [2.45, 2.75) is 10.4 Å². The lowest BCUT2D eigenvalue weighted by Gasteiger charge is -2.36. The first kappa shape index (κ1) is 18.8. The fourth-order valence-corrected chi connectivity index (χ4v) is 4.25. The molecule has 1 unspecified atom stereocenters. The van der Waals surface area contributed by atoms with E-state index in [1.54, 1.807) is 30.3 Å². The number of alkyl halides is 2. The molecule has 0 amide bonds. The molecule has 2 aliphatic rings. The van der Waals surface area contributed by atoms with Gasteiger partial charge in [0.05, 0.1) is 11.1 Å². The van der Waals surface area contributed by atoms with Crippen LogP contribution in [0.15, 0.2) is 54.6 Å². The van der Waals surface area contributed by atoms with Crippen molar-refractivity contribution in [2.24, 2.45) is 0 Å². The maximum Gasteiger partial charge on any atom is 0.340 e. The van der Waals surface area contributed by atoms with E-state index in [2.05, 4.69) is 0 Å². The minimum atomic E-state index is -1.44. The number of phenolic OH excluding ortho intramolecular Hbond substituents is 2. The summed E-state index contributed by atoms with van der Waals surface area (Å²) >= 11 is 11.5. The topological polar surface area (TPSA) is 93.1 Å². The Kier molecular flexibility index (Phi) is 4.00. The third-order valence-electron chi connectivity index (χ3n) is 5.28. The molecule has 0 aliphatic carbocycles. The molecule has 0 fully saturated rings. The van der Waals surface area contributed by atoms with Crippen LogP contribution in [0.2, 0.25) is 0 Å². The van der Waals surface area contributed by atoms with Crippen LogP contribution < -0.4 is 4.74 Å². The summed E-state index contributed by atoms with van der Waals surface area (Å²) in [4.78, 5) is 23.8. The van der Waals surface area contributed by atoms with Gasteiger partial charge in [-0.2, -0.15) is 0 Å². The third-order valence-corrected chi connectivity index (χ3v) is 5.67. The molecule has 30 heavy (non-hydrogen) atoms. The van der Waals surface area contributed by atoms with Crippen molar-refractivity contribution >= 4 is 35.0 Å². The summed E-state index contributed by atoms with van der Waals surface area (Å²) in [5.41, 5.74) is 0.120. The number of hydrogen-bond acceptors (Lipinski definition) is 6. The predicted molar refractivity (Wildman–Crippen MR) is 108 cm³/mol. The molecule has 1 spiro atoms. The van der Waals surface area contributed by atoms with Gasteiger partial charge in [0.2, 0.25) is 0 Å². The summed E-state index contributed by atoms with van der Waals surface area (Å²) in [6.07, 6.45) is 0. The highest BCUT2D eigenvalue weighted by Crippen LogP contribution is 2.57. The Bertz CT molecular complexity index is 1250. The molecular weight excluding hydrogens is 431 g/mol. The average Bonchev–Trinajstić information content (AvgIpc) is 3.00. The van der Waals surface area contributed by atoms with Gasteiger partial charge < -0.3 is 19.7 Å². The minimum Gasteiger partial charge on any atom is -0.508 e. The number of rotatable bonds is 2. The number of carbonyl (C=O) groups excluding carboxylic acids is 2. The zero-order valence-corrected chi connectivity index (χ0v) is 16.6. The molecule has 0 saturated carbocycles. The molecule has 1 atom stereocenters. The van der Waals surface area contributed by atoms with Gasteiger partial charge in [0, 0.05) is 28.8 Å². The van der Waals surface area contributed by atoms with E-state index < -0.39 is 22.2 Å². The Hall–Kier alpha value is -3.22. The molecule has 2 N–H and O–H groups in total. The van der Waals surface area contributed by atoms with Crippen molar-refractivity contribution in [3.63, 3.8) is 0 Å². The fraction of sp³-hybridized carbons (Fsp3) is 0.0909. The van der Waals surface area contributed by atoms with Gasteiger partial charge in [0.15, 0.2) is 16.2 Å². The first-order chi connectivity index (χ1) is 14.3. The highest BCUT2D eigenvalue weighted by molar-refractivity contribution is 6.55. The van der Waals surface area contributed by atoms with Crippen molar-refractivity contribution in [2.75, 3.05) is 0 Å². The predicted octanol–water partition coefficient (Wildman–Crippen LogP) is 4.65. The van der Waals surface area contributed by atoms with E-state index in [-0.39, 0.29) is 28.6 Å². The van der Waals surface area contributed by atoms with Crippen LogP contribution in [0, 0.1) is 0 Å². The van der Waals surface area contributed by atoms with E-state index >= 15 is 0 Å². The number of benzene rings is 3. The van der Waals surface area contributed by atoms with Crippen molar-refractivity contribution in [1.29, 1.82) is 0 Å². The molecule has 0 bridgehead atoms. The lowest BCUT2D eigenvalue weighted by Crippen LogP contribution is -2.33. The van der Waals surface area contributed by atoms with Gasteiger partial charge in [-0.1, -0.05) is 41.4 Å². The number of carbonyl (C=O) groups is 2. The fourth-order valence-electron chi connectivity index (χ4n) is 4.01. The van der Waals surface area contributed by atoms with Crippen LogP contribution in [-0.4, -0.2) is 26.8 Å². The number of phenols is 2. The lowest BCUT2D eigenvalue weighted by molar-refractivity contribution is 0.0224. The van der Waals surface area contributed by atoms with Gasteiger partial charge in [0.1, 0.15) is 23.0 Å². The molecular formula is C22H12Cl2O6. The number of ketones is 1. The maximum absolute atomic E-state index is 12.7. The number of esters is 1. The monoisotopic (exact) mass is 442 g/mol. The highest BCUT2D eigenvalue weighted by Gasteiger charge is 2.54. The van der Waals surface area contributed by atoms with E-state index in [0.29, 0.717) is 22.3 Å². The van der Waals surface area contributed by atoms with Crippen LogP contribution in [0.5, 0.6) is 23.0 Å². The second kappa shape index (κ2) is 6.39. The quantitative estimate of drug-likeness (QED) is 0.340. The normalized spacial score (nSPS) is 18.4. The van der Waals surface area contributed by atoms with Gasteiger partial charge in [-0.3, -0.25) is 4.79 Å². The number of Topliss-reactive ketones (excluding diaryl/α,β-unsaturated/α-hetero) is 1. The van der Waals surface area contributed by atoms with Crippen molar-refractivity contribution in [3.8, 4) is 23.0 Å². The summed E-state index contributed by atoms with van der Waals surface area (Å²) in [5.74, 6) is -1.28. The number of halogens is 2. The number of ether oxygens (including phenoxy) is 2. The second-order valence-corrected chi connectivity index (χ2v) is 8.03. The molecule has 3 aromatic rings. The van der Waals surface area contributed by atoms with Crippen LogP contribution in [0.4, 0.5) is 0 Å². The van der Waals surface area contributed by atoms with Gasteiger partial charge in [-0.15, -0.1) is 0 Å². The van der Waals surface area contributed by atoms with E-state index in [1.165, 1.54) is 24.3 Å². The van der Waals surface area contributed by atoms with Gasteiger partial charge >= 0.3 is 5.97 Å². The Labute approximate surface area is 180 Å². The Morgan fingerprint density at radius 2 is 1.67 bits per heavy atom. The Morgan fingerprint density at radius 1 is 0.933 bits per heavy atom. The molecule has 3 aromatic carbocycles. The standard InChI is InChI=1S/C22H12Cl2O6/c23-20(24)19(27)12-8-15-18(9-16(12)26)29-17-7-10(25)5-6-14(17)22(15)13-4-2-1-3-11(13)21(28)30-22/h1-9,20,25-26H. The highest BCUT2D eigenvalue weighted by atomic mass is 35.5. The first-order valence-electron chi connectivity index (χ1n) is 8.87. The maximum atomic E-state index is 12.7. The van der Waals surface area contributed by atoms with Crippen LogP contribution in [0.1, 0.15) is 37.4 Å².